The van der Waals surface area contributed by atoms with E-state index in [1.54, 1.807) is 0 Å². The van der Waals surface area contributed by atoms with Crippen LogP contribution >= 0.6 is 0 Å². The molecule has 1 nitrogen and oxygen atoms in total. The molecule has 7 heteroatoms. The van der Waals surface area contributed by atoms with Crippen LogP contribution in [0.25, 0.3) is 0 Å². The molecule has 2 atom stereocenters. The highest BCUT2D eigenvalue weighted by molar-refractivity contribution is 4.97. The van der Waals surface area contributed by atoms with Crippen molar-refractivity contribution >= 4 is 0 Å². The molecule has 1 N–H and O–H groups in total. The first-order chi connectivity index (χ1) is 7.18. The van der Waals surface area contributed by atoms with Crippen molar-refractivity contribution in [2.45, 2.75) is 25.1 Å². The van der Waals surface area contributed by atoms with Crippen molar-refractivity contribution in [3.05, 3.63) is 24.6 Å². The van der Waals surface area contributed by atoms with Crippen LogP contribution in [0.1, 0.15) is 12.8 Å². The zero-order valence-corrected chi connectivity index (χ0v) is 8.07. The predicted octanol–water partition coefficient (Wildman–Crippen LogP) is 3.57. The number of hydrogen-bond acceptors (Lipinski definition) is 1. The Labute approximate surface area is 88.1 Å². The molecule has 0 spiro atoms. The fourth-order valence-corrected chi connectivity index (χ4v) is 0.991. The van der Waals surface area contributed by atoms with Crippen molar-refractivity contribution in [3.63, 3.8) is 0 Å². The Balaban J connectivity index is 4.44. The largest absolute Gasteiger partial charge is 0.414 e. The molecule has 94 valence electrons. The number of halogens is 6. The number of aliphatic hydroxyl groups is 1. The summed E-state index contributed by atoms with van der Waals surface area (Å²) in [6.45, 7) is 3.10. The van der Waals surface area contributed by atoms with E-state index in [1.807, 2.05) is 0 Å². The lowest BCUT2D eigenvalue weighted by Crippen LogP contribution is -2.30. The maximum absolute atomic E-state index is 12.4. The van der Waals surface area contributed by atoms with Crippen LogP contribution < -0.4 is 0 Å². The fourth-order valence-electron chi connectivity index (χ4n) is 0.991. The van der Waals surface area contributed by atoms with E-state index in [2.05, 4.69) is 6.58 Å². The summed E-state index contributed by atoms with van der Waals surface area (Å²) in [5.74, 6) is -2.99. The molecule has 0 amide bonds. The smallest absolute Gasteiger partial charge is 0.384 e. The van der Waals surface area contributed by atoms with Gasteiger partial charge in [0.1, 0.15) is 6.10 Å². The third-order valence-electron chi connectivity index (χ3n) is 1.88. The first kappa shape index (κ1) is 15.0. The minimum atomic E-state index is -4.85. The SMILES string of the molecule is C=CC(CC(F)=C(F)F)CC(O)C(F)(F)F. The summed E-state index contributed by atoms with van der Waals surface area (Å²) in [4.78, 5) is 0. The van der Waals surface area contributed by atoms with Crippen LogP contribution in [0.5, 0.6) is 0 Å². The second kappa shape index (κ2) is 5.93. The Hall–Kier alpha value is -0.980. The molecule has 0 bridgehead atoms. The van der Waals surface area contributed by atoms with E-state index in [-0.39, 0.29) is 0 Å². The minimum Gasteiger partial charge on any atom is -0.384 e. The van der Waals surface area contributed by atoms with Crippen LogP contribution in [-0.4, -0.2) is 17.4 Å². The summed E-state index contributed by atoms with van der Waals surface area (Å²) < 4.78 is 71.5. The van der Waals surface area contributed by atoms with Crippen molar-refractivity contribution in [1.29, 1.82) is 0 Å². The van der Waals surface area contributed by atoms with Gasteiger partial charge >= 0.3 is 12.3 Å². The standard InChI is InChI=1S/C9H10F6O/c1-2-5(3-6(10)8(11)12)4-7(16)9(13,14)15/h2,5,7,16H,1,3-4H2. The molecule has 0 aromatic carbocycles. The van der Waals surface area contributed by atoms with Gasteiger partial charge in [0.15, 0.2) is 5.83 Å². The maximum Gasteiger partial charge on any atom is 0.414 e. The number of alkyl halides is 3. The van der Waals surface area contributed by atoms with Crippen LogP contribution in [0.15, 0.2) is 24.6 Å². The van der Waals surface area contributed by atoms with E-state index in [4.69, 9.17) is 5.11 Å². The second-order valence-corrected chi connectivity index (χ2v) is 3.16. The molecule has 16 heavy (non-hydrogen) atoms. The van der Waals surface area contributed by atoms with Crippen molar-refractivity contribution < 1.29 is 31.4 Å². The molecular formula is C9H10F6O. The van der Waals surface area contributed by atoms with Crippen LogP contribution in [0, 0.1) is 5.92 Å². The van der Waals surface area contributed by atoms with E-state index in [1.165, 1.54) is 0 Å². The van der Waals surface area contributed by atoms with Crippen LogP contribution in [0.4, 0.5) is 26.3 Å². The van der Waals surface area contributed by atoms with Gasteiger partial charge in [-0.05, 0) is 12.3 Å². The van der Waals surface area contributed by atoms with Gasteiger partial charge in [0.25, 0.3) is 0 Å². The molecule has 0 aromatic rings. The highest BCUT2D eigenvalue weighted by Crippen LogP contribution is 2.29. The molecule has 0 rings (SSSR count). The number of allylic oxidation sites excluding steroid dienone is 2. The van der Waals surface area contributed by atoms with Crippen molar-refractivity contribution in [3.8, 4) is 0 Å². The van der Waals surface area contributed by atoms with Crippen molar-refractivity contribution in [2.24, 2.45) is 5.92 Å². The Morgan fingerprint density at radius 2 is 1.75 bits per heavy atom. The van der Waals surface area contributed by atoms with Gasteiger partial charge in [-0.3, -0.25) is 0 Å². The van der Waals surface area contributed by atoms with Crippen molar-refractivity contribution in [1.82, 2.24) is 0 Å². The number of rotatable bonds is 5. The highest BCUT2D eigenvalue weighted by Gasteiger charge is 2.39. The molecule has 0 fully saturated rings. The summed E-state index contributed by atoms with van der Waals surface area (Å²) in [6.07, 6.45) is -11.0. The van der Waals surface area contributed by atoms with Crippen LogP contribution in [-0.2, 0) is 0 Å². The third kappa shape index (κ3) is 5.20. The highest BCUT2D eigenvalue weighted by atomic mass is 19.4. The van der Waals surface area contributed by atoms with E-state index in [0.29, 0.717) is 0 Å². The first-order valence-electron chi connectivity index (χ1n) is 4.25. The van der Waals surface area contributed by atoms with Gasteiger partial charge in [-0.1, -0.05) is 6.08 Å². The summed E-state index contributed by atoms with van der Waals surface area (Å²) in [5.41, 5.74) is 0. The topological polar surface area (TPSA) is 20.2 Å². The van der Waals surface area contributed by atoms with Crippen LogP contribution in [0.2, 0.25) is 0 Å². The maximum atomic E-state index is 12.4. The third-order valence-corrected chi connectivity index (χ3v) is 1.88. The molecule has 0 saturated carbocycles. The molecule has 0 aliphatic rings. The molecule has 0 aromatic heterocycles. The molecule has 0 saturated heterocycles. The monoisotopic (exact) mass is 248 g/mol. The zero-order chi connectivity index (χ0) is 12.9. The Bertz CT molecular complexity index is 266. The molecular weight excluding hydrogens is 238 g/mol. The van der Waals surface area contributed by atoms with Gasteiger partial charge in [-0.15, -0.1) is 6.58 Å². The predicted molar refractivity (Wildman–Crippen MR) is 45.3 cm³/mol. The first-order valence-corrected chi connectivity index (χ1v) is 4.25. The molecule has 0 radical (unpaired) electrons. The molecule has 0 aliphatic heterocycles. The molecule has 0 aliphatic carbocycles. The fraction of sp³-hybridized carbons (Fsp3) is 0.556. The van der Waals surface area contributed by atoms with E-state index in [9.17, 15) is 26.3 Å². The lowest BCUT2D eigenvalue weighted by molar-refractivity contribution is -0.207. The van der Waals surface area contributed by atoms with Gasteiger partial charge in [0, 0.05) is 6.42 Å². The Kier molecular flexibility index (Phi) is 5.57. The Morgan fingerprint density at radius 1 is 1.25 bits per heavy atom. The average molecular weight is 248 g/mol. The Morgan fingerprint density at radius 3 is 2.06 bits per heavy atom. The summed E-state index contributed by atoms with van der Waals surface area (Å²) in [7, 11) is 0. The summed E-state index contributed by atoms with van der Waals surface area (Å²) in [6, 6.07) is 0. The van der Waals surface area contributed by atoms with E-state index < -0.39 is 42.9 Å². The molecule has 2 unspecified atom stereocenters. The zero-order valence-electron chi connectivity index (χ0n) is 8.07. The lowest BCUT2D eigenvalue weighted by atomic mass is 9.97. The van der Waals surface area contributed by atoms with Gasteiger partial charge < -0.3 is 5.11 Å². The van der Waals surface area contributed by atoms with E-state index >= 15 is 0 Å². The normalized spacial score (nSPS) is 15.4. The van der Waals surface area contributed by atoms with Gasteiger partial charge in [-0.25, -0.2) is 4.39 Å². The van der Waals surface area contributed by atoms with Gasteiger partial charge in [0.05, 0.1) is 0 Å². The number of aliphatic hydroxyl groups excluding tert-OH is 1. The van der Waals surface area contributed by atoms with Crippen molar-refractivity contribution in [2.75, 3.05) is 0 Å². The summed E-state index contributed by atoms with van der Waals surface area (Å²) in [5, 5.41) is 8.64. The van der Waals surface area contributed by atoms with Gasteiger partial charge in [-0.2, -0.15) is 22.0 Å². The minimum absolute atomic E-state index is 0.895. The average Bonchev–Trinajstić information content (AvgIpc) is 2.14. The molecule has 0 heterocycles. The number of hydrogen-bond donors (Lipinski definition) is 1. The van der Waals surface area contributed by atoms with Gasteiger partial charge in [0.2, 0.25) is 0 Å². The van der Waals surface area contributed by atoms with Crippen LogP contribution in [0.3, 0.4) is 0 Å². The van der Waals surface area contributed by atoms with E-state index in [0.717, 1.165) is 6.08 Å². The second-order valence-electron chi connectivity index (χ2n) is 3.16. The summed E-state index contributed by atoms with van der Waals surface area (Å²) >= 11 is 0. The quantitative estimate of drug-likeness (QED) is 0.582. The lowest BCUT2D eigenvalue weighted by Gasteiger charge is -2.18.